The van der Waals surface area contributed by atoms with Crippen LogP contribution in [0.3, 0.4) is 0 Å². The summed E-state index contributed by atoms with van der Waals surface area (Å²) >= 11 is 2.08. The van der Waals surface area contributed by atoms with E-state index in [1.807, 2.05) is 30.3 Å². The van der Waals surface area contributed by atoms with Crippen LogP contribution in [0.4, 0.5) is 5.69 Å². The molecule has 0 aromatic heterocycles. The van der Waals surface area contributed by atoms with Crippen LogP contribution in [0.15, 0.2) is 42.5 Å². The van der Waals surface area contributed by atoms with Gasteiger partial charge in [0, 0.05) is 10.1 Å². The van der Waals surface area contributed by atoms with Crippen LogP contribution in [-0.2, 0) is 11.3 Å². The Balaban J connectivity index is 2.27. The minimum absolute atomic E-state index is 0.159. The summed E-state index contributed by atoms with van der Waals surface area (Å²) in [7, 11) is 1.32. The minimum atomic E-state index is -0.891. The lowest BCUT2D eigenvalue weighted by Crippen LogP contribution is -2.23. The summed E-state index contributed by atoms with van der Waals surface area (Å²) < 4.78 is 11.4. The van der Waals surface area contributed by atoms with Gasteiger partial charge in [-0.05, 0) is 40.3 Å². The van der Waals surface area contributed by atoms with Crippen molar-refractivity contribution in [1.82, 2.24) is 0 Å². The van der Waals surface area contributed by atoms with Gasteiger partial charge in [-0.3, -0.25) is 0 Å². The highest BCUT2D eigenvalue weighted by Gasteiger charge is 2.16. The Morgan fingerprint density at radius 2 is 2.00 bits per heavy atom. The van der Waals surface area contributed by atoms with E-state index in [2.05, 4.69) is 27.9 Å². The van der Waals surface area contributed by atoms with Crippen molar-refractivity contribution in [2.75, 3.05) is 25.6 Å². The first-order valence-electron chi connectivity index (χ1n) is 7.66. The van der Waals surface area contributed by atoms with E-state index in [9.17, 15) is 9.90 Å². The first-order valence-corrected chi connectivity index (χ1v) is 8.74. The quantitative estimate of drug-likeness (QED) is 0.417. The fourth-order valence-corrected chi connectivity index (χ4v) is 2.91. The Kier molecular flexibility index (Phi) is 7.48. The van der Waals surface area contributed by atoms with Gasteiger partial charge in [-0.1, -0.05) is 30.3 Å². The third kappa shape index (κ3) is 5.58. The summed E-state index contributed by atoms with van der Waals surface area (Å²) in [5.41, 5.74) is 2.02. The number of nitrogens with one attached hydrogen (secondary N) is 1. The van der Waals surface area contributed by atoms with Gasteiger partial charge in [0.05, 0.1) is 31.1 Å². The topological polar surface area (TPSA) is 88.0 Å². The van der Waals surface area contributed by atoms with Crippen LogP contribution < -0.4 is 10.1 Å². The van der Waals surface area contributed by atoms with Gasteiger partial charge in [-0.2, -0.15) is 0 Å². The summed E-state index contributed by atoms with van der Waals surface area (Å²) in [6.07, 6.45) is -0.891. The highest BCUT2D eigenvalue weighted by molar-refractivity contribution is 14.1. The maximum atomic E-state index is 11.8. The largest absolute Gasteiger partial charge is 0.487 e. The molecule has 0 saturated carbocycles. The van der Waals surface area contributed by atoms with Gasteiger partial charge in [-0.15, -0.1) is 0 Å². The highest BCUT2D eigenvalue weighted by atomic mass is 127. The monoisotopic (exact) mass is 457 g/mol. The molecule has 0 bridgehead atoms. The molecule has 0 aliphatic carbocycles. The van der Waals surface area contributed by atoms with Crippen molar-refractivity contribution in [3.63, 3.8) is 0 Å². The molecule has 1 unspecified atom stereocenters. The maximum Gasteiger partial charge on any atom is 0.338 e. The van der Waals surface area contributed by atoms with Crippen molar-refractivity contribution in [2.24, 2.45) is 0 Å². The zero-order valence-electron chi connectivity index (χ0n) is 13.7. The number of halogens is 1. The second-order valence-corrected chi connectivity index (χ2v) is 6.48. The zero-order valence-corrected chi connectivity index (χ0v) is 15.9. The molecule has 0 spiro atoms. The van der Waals surface area contributed by atoms with E-state index in [0.29, 0.717) is 23.6 Å². The first-order chi connectivity index (χ1) is 12.0. The summed E-state index contributed by atoms with van der Waals surface area (Å²) in [5, 5.41) is 21.6. The van der Waals surface area contributed by atoms with Crippen molar-refractivity contribution in [2.45, 2.75) is 12.7 Å². The van der Waals surface area contributed by atoms with E-state index >= 15 is 0 Å². The number of benzene rings is 2. The third-order valence-electron chi connectivity index (χ3n) is 3.44. The average Bonchev–Trinajstić information content (AvgIpc) is 2.65. The van der Waals surface area contributed by atoms with Gasteiger partial charge in [0.2, 0.25) is 0 Å². The molecule has 7 heteroatoms. The van der Waals surface area contributed by atoms with Gasteiger partial charge in [-0.25, -0.2) is 4.79 Å². The molecule has 0 heterocycles. The second-order valence-electron chi connectivity index (χ2n) is 5.31. The maximum absolute atomic E-state index is 11.8. The Bertz CT molecular complexity index is 708. The van der Waals surface area contributed by atoms with Gasteiger partial charge < -0.3 is 25.0 Å². The lowest BCUT2D eigenvalue weighted by atomic mass is 10.1. The molecule has 0 radical (unpaired) electrons. The van der Waals surface area contributed by atoms with E-state index in [0.717, 1.165) is 9.13 Å². The Morgan fingerprint density at radius 3 is 2.64 bits per heavy atom. The molecule has 2 aromatic rings. The number of anilines is 1. The molecule has 0 saturated heterocycles. The van der Waals surface area contributed by atoms with Crippen molar-refractivity contribution < 1.29 is 24.5 Å². The van der Waals surface area contributed by atoms with E-state index in [1.165, 1.54) is 7.11 Å². The third-order valence-corrected chi connectivity index (χ3v) is 4.29. The molecule has 25 heavy (non-hydrogen) atoms. The first kappa shape index (κ1) is 19.5. The Hall–Kier alpha value is -1.84. The van der Waals surface area contributed by atoms with Crippen molar-refractivity contribution >= 4 is 34.2 Å². The van der Waals surface area contributed by atoms with Crippen molar-refractivity contribution in [3.05, 3.63) is 57.2 Å². The molecule has 134 valence electrons. The SMILES string of the molecule is COC(=O)c1cc(I)c(NCC(O)CO)c(OCc2ccccc2)c1. The van der Waals surface area contributed by atoms with Crippen LogP contribution in [0, 0.1) is 3.57 Å². The van der Waals surface area contributed by atoms with Crippen LogP contribution in [0.2, 0.25) is 0 Å². The highest BCUT2D eigenvalue weighted by Crippen LogP contribution is 2.32. The molecular weight excluding hydrogens is 437 g/mol. The number of carbonyl (C=O) groups is 1. The lowest BCUT2D eigenvalue weighted by Gasteiger charge is -2.18. The number of aliphatic hydroxyl groups is 2. The van der Waals surface area contributed by atoms with Crippen molar-refractivity contribution in [3.8, 4) is 5.75 Å². The zero-order chi connectivity index (χ0) is 18.2. The number of hydrogen-bond donors (Lipinski definition) is 3. The minimum Gasteiger partial charge on any atom is -0.487 e. The lowest BCUT2D eigenvalue weighted by molar-refractivity contribution is 0.0600. The second kappa shape index (κ2) is 9.59. The van der Waals surface area contributed by atoms with Crippen LogP contribution in [0.5, 0.6) is 5.75 Å². The summed E-state index contributed by atoms with van der Waals surface area (Å²) in [4.78, 5) is 11.8. The summed E-state index contributed by atoms with van der Waals surface area (Å²) in [6, 6.07) is 12.9. The molecule has 0 amide bonds. The number of hydrogen-bond acceptors (Lipinski definition) is 6. The molecule has 2 rings (SSSR count). The molecular formula is C18H20INO5. The van der Waals surface area contributed by atoms with Gasteiger partial charge in [0.15, 0.2) is 0 Å². The van der Waals surface area contributed by atoms with E-state index < -0.39 is 12.1 Å². The van der Waals surface area contributed by atoms with Crippen LogP contribution >= 0.6 is 22.6 Å². The predicted molar refractivity (Wildman–Crippen MR) is 103 cm³/mol. The summed E-state index contributed by atoms with van der Waals surface area (Å²) in [6.45, 7) is 0.147. The van der Waals surface area contributed by atoms with Gasteiger partial charge in [0.25, 0.3) is 0 Å². The average molecular weight is 457 g/mol. The van der Waals surface area contributed by atoms with Crippen LogP contribution in [-0.4, -0.2) is 42.5 Å². The fourth-order valence-electron chi connectivity index (χ4n) is 2.12. The number of carbonyl (C=O) groups excluding carboxylic acids is 1. The molecule has 0 fully saturated rings. The Morgan fingerprint density at radius 1 is 1.28 bits per heavy atom. The molecule has 1 atom stereocenters. The molecule has 0 aliphatic heterocycles. The van der Waals surface area contributed by atoms with Crippen LogP contribution in [0.1, 0.15) is 15.9 Å². The molecule has 0 aliphatic rings. The number of esters is 1. The predicted octanol–water partition coefficient (Wildman–Crippen LogP) is 2.42. The Labute approximate surface area is 159 Å². The van der Waals surface area contributed by atoms with Gasteiger partial charge >= 0.3 is 5.97 Å². The number of methoxy groups -OCH3 is 1. The number of rotatable bonds is 8. The van der Waals surface area contributed by atoms with E-state index in [1.54, 1.807) is 12.1 Å². The number of ether oxygens (including phenoxy) is 2. The number of aliphatic hydroxyl groups excluding tert-OH is 2. The fraction of sp³-hybridized carbons (Fsp3) is 0.278. The molecule has 3 N–H and O–H groups in total. The summed E-state index contributed by atoms with van der Waals surface area (Å²) in [5.74, 6) is 0.0192. The van der Waals surface area contributed by atoms with Crippen molar-refractivity contribution in [1.29, 1.82) is 0 Å². The van der Waals surface area contributed by atoms with Crippen LogP contribution in [0.25, 0.3) is 0 Å². The molecule has 2 aromatic carbocycles. The molecule has 6 nitrogen and oxygen atoms in total. The van der Waals surface area contributed by atoms with Gasteiger partial charge in [0.1, 0.15) is 12.4 Å². The standard InChI is InChI=1S/C18H20INO5/c1-24-18(23)13-7-15(19)17(20-9-14(22)10-21)16(8-13)25-11-12-5-3-2-4-6-12/h2-8,14,20-22H,9-11H2,1H3. The van der Waals surface area contributed by atoms with E-state index in [-0.39, 0.29) is 13.2 Å². The van der Waals surface area contributed by atoms with E-state index in [4.69, 9.17) is 14.6 Å². The normalized spacial score (nSPS) is 11.7. The smallest absolute Gasteiger partial charge is 0.338 e.